The second kappa shape index (κ2) is 6.32. The van der Waals surface area contributed by atoms with Crippen molar-refractivity contribution < 1.29 is 0 Å². The van der Waals surface area contributed by atoms with Gasteiger partial charge in [0.2, 0.25) is 0 Å². The van der Waals surface area contributed by atoms with Crippen molar-refractivity contribution in [3.8, 4) is 11.4 Å². The molecule has 7 rings (SSSR count). The lowest BCUT2D eigenvalue weighted by Gasteiger charge is -2.08. The third-order valence-electron chi connectivity index (χ3n) is 5.26. The highest BCUT2D eigenvalue weighted by atomic mass is 14.9. The van der Waals surface area contributed by atoms with E-state index in [1.807, 2.05) is 12.1 Å². The van der Waals surface area contributed by atoms with Crippen molar-refractivity contribution in [2.24, 2.45) is 0 Å². The van der Waals surface area contributed by atoms with Crippen molar-refractivity contribution in [3.05, 3.63) is 61.7 Å². The summed E-state index contributed by atoms with van der Waals surface area (Å²) in [6.07, 6.45) is 13.1. The molecule has 5 aromatic heterocycles. The molecule has 5 heterocycles. The zero-order valence-electron chi connectivity index (χ0n) is 16.2. The fourth-order valence-corrected chi connectivity index (χ4v) is 3.85. The third kappa shape index (κ3) is 2.34. The lowest BCUT2D eigenvalue weighted by molar-refractivity contribution is 1.21. The van der Waals surface area contributed by atoms with Crippen LogP contribution in [0.25, 0.3) is 66.6 Å². The number of benzene rings is 2. The predicted octanol–water partition coefficient (Wildman–Crippen LogP) is 3.07. The number of hydrogen-bond donors (Lipinski definition) is 0. The Morgan fingerprint density at radius 2 is 0.781 bits per heavy atom. The molecule has 0 saturated carbocycles. The van der Waals surface area contributed by atoms with E-state index in [2.05, 4.69) is 39.9 Å². The van der Waals surface area contributed by atoms with Gasteiger partial charge in [0, 0.05) is 37.2 Å². The van der Waals surface area contributed by atoms with Gasteiger partial charge in [-0.3, -0.25) is 34.9 Å². The van der Waals surface area contributed by atoms with E-state index in [0.717, 1.165) is 11.0 Å². The van der Waals surface area contributed by atoms with Crippen molar-refractivity contribution in [3.63, 3.8) is 0 Å². The molecule has 0 bridgehead atoms. The van der Waals surface area contributed by atoms with E-state index in [9.17, 15) is 0 Å². The minimum atomic E-state index is 0.558. The zero-order valence-corrected chi connectivity index (χ0v) is 16.2. The summed E-state index contributed by atoms with van der Waals surface area (Å²) in [7, 11) is 0. The fourth-order valence-electron chi connectivity index (χ4n) is 3.85. The van der Waals surface area contributed by atoms with E-state index in [1.54, 1.807) is 49.6 Å². The monoisotopic (exact) mass is 414 g/mol. The Balaban J connectivity index is 1.54. The smallest absolute Gasteiger partial charge is 0.120 e. The Morgan fingerprint density at radius 3 is 1.44 bits per heavy atom. The van der Waals surface area contributed by atoms with Crippen LogP contribution in [0.4, 0.5) is 0 Å². The van der Waals surface area contributed by atoms with Gasteiger partial charge >= 0.3 is 0 Å². The molecular formula is C22H10N10. The fraction of sp³-hybridized carbons (Fsp3) is 0. The lowest BCUT2D eigenvalue weighted by Crippen LogP contribution is -1.98. The quantitative estimate of drug-likeness (QED) is 0.369. The molecule has 0 fully saturated rings. The van der Waals surface area contributed by atoms with Crippen LogP contribution >= 0.6 is 0 Å². The van der Waals surface area contributed by atoms with Crippen molar-refractivity contribution in [1.29, 1.82) is 0 Å². The Morgan fingerprint density at radius 1 is 0.344 bits per heavy atom. The van der Waals surface area contributed by atoms with Crippen molar-refractivity contribution >= 4 is 55.2 Å². The van der Waals surface area contributed by atoms with Gasteiger partial charge in [0.05, 0.1) is 23.4 Å². The molecule has 2 aromatic carbocycles. The number of hydrogen-bond acceptors (Lipinski definition) is 10. The summed E-state index contributed by atoms with van der Waals surface area (Å²) in [5.41, 5.74) is 7.64. The summed E-state index contributed by atoms with van der Waals surface area (Å²) < 4.78 is 0. The summed E-state index contributed by atoms with van der Waals surface area (Å²) in [5, 5.41) is 0. The van der Waals surface area contributed by atoms with Gasteiger partial charge in [0.25, 0.3) is 0 Å². The van der Waals surface area contributed by atoms with E-state index >= 15 is 0 Å². The third-order valence-corrected chi connectivity index (χ3v) is 5.26. The lowest BCUT2D eigenvalue weighted by atomic mass is 10.2. The largest absolute Gasteiger partial charge is 0.253 e. The summed E-state index contributed by atoms with van der Waals surface area (Å²) in [6, 6.07) is 3.76. The van der Waals surface area contributed by atoms with Crippen LogP contribution in [-0.4, -0.2) is 49.8 Å². The highest BCUT2D eigenvalue weighted by Gasteiger charge is 2.16. The average Bonchev–Trinajstić information content (AvgIpc) is 2.88. The minimum Gasteiger partial charge on any atom is -0.253 e. The molecule has 0 radical (unpaired) electrons. The summed E-state index contributed by atoms with van der Waals surface area (Å²) in [6.45, 7) is 0. The Labute approximate surface area is 178 Å². The van der Waals surface area contributed by atoms with Gasteiger partial charge < -0.3 is 0 Å². The number of rotatable bonds is 1. The standard InChI is InChI=1S/C22H10N10/c1-2-12-16(15-11(1)23-3-4-24-15)31-13(9-29-12)14-10-30-21-19-17(25-5-6-27-19)18-20(22(21)32-14)28-8-7-26-18/h1-10H. The van der Waals surface area contributed by atoms with Crippen molar-refractivity contribution in [1.82, 2.24) is 49.8 Å². The van der Waals surface area contributed by atoms with Crippen molar-refractivity contribution in [2.45, 2.75) is 0 Å². The van der Waals surface area contributed by atoms with Gasteiger partial charge in [-0.15, -0.1) is 0 Å². The highest BCUT2D eigenvalue weighted by molar-refractivity contribution is 6.17. The molecule has 0 spiro atoms. The number of fused-ring (bicyclic) bond motifs is 9. The zero-order chi connectivity index (χ0) is 21.1. The van der Waals surface area contributed by atoms with Gasteiger partial charge in [-0.2, -0.15) is 0 Å². The molecule has 0 aliphatic rings. The summed E-state index contributed by atoms with van der Waals surface area (Å²) >= 11 is 0. The predicted molar refractivity (Wildman–Crippen MR) is 117 cm³/mol. The van der Waals surface area contributed by atoms with Gasteiger partial charge in [-0.05, 0) is 12.1 Å². The van der Waals surface area contributed by atoms with Gasteiger partial charge in [0.15, 0.2) is 0 Å². The Kier molecular flexibility index (Phi) is 3.33. The minimum absolute atomic E-state index is 0.558. The second-order valence-corrected chi connectivity index (χ2v) is 7.07. The number of nitrogens with zero attached hydrogens (tertiary/aromatic N) is 10. The Bertz CT molecular complexity index is 1820. The molecule has 32 heavy (non-hydrogen) atoms. The Hall–Kier alpha value is -4.86. The normalized spacial score (nSPS) is 11.8. The SMILES string of the molecule is c1cnc2c(ccc3ncc(-c4cnc5c6nccnc6c6nccnc6c5n4)nc32)n1. The molecule has 7 aromatic rings. The van der Waals surface area contributed by atoms with E-state index < -0.39 is 0 Å². The number of aromatic nitrogens is 10. The average molecular weight is 414 g/mol. The van der Waals surface area contributed by atoms with E-state index in [-0.39, 0.29) is 0 Å². The van der Waals surface area contributed by atoms with Gasteiger partial charge in [0.1, 0.15) is 55.5 Å². The molecule has 0 saturated heterocycles. The maximum Gasteiger partial charge on any atom is 0.120 e. The topological polar surface area (TPSA) is 129 Å². The maximum absolute atomic E-state index is 4.84. The first-order valence-electron chi connectivity index (χ1n) is 9.74. The first-order chi connectivity index (χ1) is 15.9. The second-order valence-electron chi connectivity index (χ2n) is 7.07. The molecule has 10 nitrogen and oxygen atoms in total. The molecule has 0 amide bonds. The van der Waals surface area contributed by atoms with Crippen molar-refractivity contribution in [2.75, 3.05) is 0 Å². The first kappa shape index (κ1) is 16.9. The molecule has 10 heteroatoms. The first-order valence-corrected chi connectivity index (χ1v) is 9.74. The molecule has 0 aliphatic carbocycles. The van der Waals surface area contributed by atoms with Crippen LogP contribution in [-0.2, 0) is 0 Å². The highest BCUT2D eigenvalue weighted by Crippen LogP contribution is 2.30. The molecule has 0 aliphatic heterocycles. The molecular weight excluding hydrogens is 404 g/mol. The van der Waals surface area contributed by atoms with Crippen LogP contribution in [0.1, 0.15) is 0 Å². The van der Waals surface area contributed by atoms with Crippen LogP contribution in [0.5, 0.6) is 0 Å². The van der Waals surface area contributed by atoms with Crippen LogP contribution < -0.4 is 0 Å². The van der Waals surface area contributed by atoms with Crippen LogP contribution in [0.3, 0.4) is 0 Å². The van der Waals surface area contributed by atoms with Crippen LogP contribution in [0.2, 0.25) is 0 Å². The van der Waals surface area contributed by atoms with Crippen LogP contribution in [0.15, 0.2) is 61.7 Å². The van der Waals surface area contributed by atoms with E-state index in [0.29, 0.717) is 55.5 Å². The maximum atomic E-state index is 4.84. The molecule has 0 N–H and O–H groups in total. The summed E-state index contributed by atoms with van der Waals surface area (Å²) in [4.78, 5) is 45.5. The van der Waals surface area contributed by atoms with Gasteiger partial charge in [-0.1, -0.05) is 0 Å². The van der Waals surface area contributed by atoms with E-state index in [1.165, 1.54) is 0 Å². The molecule has 0 unspecified atom stereocenters. The molecule has 148 valence electrons. The summed E-state index contributed by atoms with van der Waals surface area (Å²) in [5.74, 6) is 0. The molecule has 0 atom stereocenters. The van der Waals surface area contributed by atoms with E-state index in [4.69, 9.17) is 9.97 Å². The van der Waals surface area contributed by atoms with Crippen LogP contribution in [0, 0.1) is 0 Å². The van der Waals surface area contributed by atoms with Gasteiger partial charge in [-0.25, -0.2) is 15.0 Å².